The van der Waals surface area contributed by atoms with Crippen LogP contribution in [0.15, 0.2) is 18.2 Å². The van der Waals surface area contributed by atoms with Gasteiger partial charge in [-0.15, -0.1) is 0 Å². The lowest BCUT2D eigenvalue weighted by atomic mass is 9.95. The normalized spacial score (nSPS) is 13.3. The molecule has 2 atom stereocenters. The van der Waals surface area contributed by atoms with Gasteiger partial charge in [-0.25, -0.2) is 0 Å². The minimum atomic E-state index is -0.547. The van der Waals surface area contributed by atoms with Crippen molar-refractivity contribution in [1.29, 1.82) is 0 Å². The van der Waals surface area contributed by atoms with Crippen LogP contribution in [0.2, 0.25) is 0 Å². The molecule has 1 aromatic carbocycles. The van der Waals surface area contributed by atoms with Gasteiger partial charge >= 0.3 is 5.97 Å². The predicted molar refractivity (Wildman–Crippen MR) is 90.9 cm³/mol. The monoisotopic (exact) mass is 323 g/mol. The van der Waals surface area contributed by atoms with Crippen LogP contribution < -0.4 is 15.2 Å². The van der Waals surface area contributed by atoms with E-state index in [0.29, 0.717) is 25.6 Å². The second kappa shape index (κ2) is 10.1. The zero-order valence-corrected chi connectivity index (χ0v) is 14.6. The number of aryl methyl sites for hydroxylation is 1. The van der Waals surface area contributed by atoms with Crippen LogP contribution in [0.1, 0.15) is 39.2 Å². The number of methoxy groups -OCH3 is 1. The quantitative estimate of drug-likeness (QED) is 0.670. The van der Waals surface area contributed by atoms with Gasteiger partial charge in [0.25, 0.3) is 0 Å². The summed E-state index contributed by atoms with van der Waals surface area (Å²) in [6, 6.07) is 5.49. The second-order valence-corrected chi connectivity index (χ2v) is 5.66. The molecule has 0 amide bonds. The van der Waals surface area contributed by atoms with Gasteiger partial charge in [-0.05, 0) is 56.7 Å². The third-order valence-corrected chi connectivity index (χ3v) is 3.69. The average Bonchev–Trinajstić information content (AvgIpc) is 2.54. The molecule has 0 radical (unpaired) electrons. The average molecular weight is 323 g/mol. The number of ether oxygens (including phenoxy) is 3. The van der Waals surface area contributed by atoms with Crippen molar-refractivity contribution in [2.45, 2.75) is 46.1 Å². The molecule has 5 nitrogen and oxygen atoms in total. The van der Waals surface area contributed by atoms with Crippen molar-refractivity contribution in [2.75, 3.05) is 20.3 Å². The second-order valence-electron chi connectivity index (χ2n) is 5.66. The summed E-state index contributed by atoms with van der Waals surface area (Å²) in [5.41, 5.74) is 6.99. The molecule has 0 aliphatic heterocycles. The molecule has 0 aliphatic carbocycles. The number of hydrogen-bond acceptors (Lipinski definition) is 5. The van der Waals surface area contributed by atoms with E-state index in [9.17, 15) is 4.79 Å². The Morgan fingerprint density at radius 1 is 1.17 bits per heavy atom. The fraction of sp³-hybridized carbons (Fsp3) is 0.611. The molecule has 0 spiro atoms. The van der Waals surface area contributed by atoms with Gasteiger partial charge in [-0.3, -0.25) is 4.79 Å². The number of nitrogens with two attached hydrogens (primary N) is 1. The molecule has 1 aromatic rings. The lowest BCUT2D eigenvalue weighted by Crippen LogP contribution is -2.33. The molecule has 2 N–H and O–H groups in total. The van der Waals surface area contributed by atoms with Crippen molar-refractivity contribution in [3.05, 3.63) is 23.8 Å². The Bertz CT molecular complexity index is 490. The van der Waals surface area contributed by atoms with Gasteiger partial charge in [-0.1, -0.05) is 13.0 Å². The molecule has 0 saturated heterocycles. The van der Waals surface area contributed by atoms with Crippen LogP contribution in [-0.2, 0) is 16.0 Å². The Balaban J connectivity index is 2.59. The molecular weight excluding hydrogens is 294 g/mol. The highest BCUT2D eigenvalue weighted by Crippen LogP contribution is 2.29. The number of esters is 1. The number of hydrogen-bond donors (Lipinski definition) is 1. The zero-order valence-electron chi connectivity index (χ0n) is 14.6. The fourth-order valence-electron chi connectivity index (χ4n) is 2.46. The summed E-state index contributed by atoms with van der Waals surface area (Å²) in [7, 11) is 1.36. The number of rotatable bonds is 10. The molecule has 2 unspecified atom stereocenters. The lowest BCUT2D eigenvalue weighted by molar-refractivity contribution is -0.142. The highest BCUT2D eigenvalue weighted by atomic mass is 16.5. The molecule has 0 aliphatic rings. The van der Waals surface area contributed by atoms with Crippen LogP contribution in [0.3, 0.4) is 0 Å². The smallest absolute Gasteiger partial charge is 0.322 e. The van der Waals surface area contributed by atoms with Gasteiger partial charge in [0.2, 0.25) is 0 Å². The van der Waals surface area contributed by atoms with E-state index in [2.05, 4.69) is 17.7 Å². The first-order valence-electron chi connectivity index (χ1n) is 8.23. The molecule has 0 saturated carbocycles. The van der Waals surface area contributed by atoms with Gasteiger partial charge in [0.15, 0.2) is 11.5 Å². The van der Waals surface area contributed by atoms with Gasteiger partial charge in [0.05, 0.1) is 20.3 Å². The van der Waals surface area contributed by atoms with Crippen molar-refractivity contribution in [3.8, 4) is 11.5 Å². The van der Waals surface area contributed by atoms with Crippen molar-refractivity contribution < 1.29 is 19.0 Å². The molecule has 0 bridgehead atoms. The highest BCUT2D eigenvalue weighted by molar-refractivity contribution is 5.75. The first kappa shape index (κ1) is 19.3. The molecule has 0 aromatic heterocycles. The summed E-state index contributed by atoms with van der Waals surface area (Å²) in [6.45, 7) is 7.23. The molecule has 0 heterocycles. The van der Waals surface area contributed by atoms with Crippen LogP contribution in [-0.4, -0.2) is 32.3 Å². The first-order valence-corrected chi connectivity index (χ1v) is 8.23. The predicted octanol–water partition coefficient (Wildman–Crippen LogP) is 2.94. The SMILES string of the molecule is CCOc1ccc(CCC(C)CC(N)C(=O)OC)cc1OCC. The van der Waals surface area contributed by atoms with Gasteiger partial charge in [-0.2, -0.15) is 0 Å². The summed E-state index contributed by atoms with van der Waals surface area (Å²) >= 11 is 0. The third-order valence-electron chi connectivity index (χ3n) is 3.69. The summed E-state index contributed by atoms with van der Waals surface area (Å²) in [6.07, 6.45) is 2.48. The van der Waals surface area contributed by atoms with Crippen LogP contribution >= 0.6 is 0 Å². The van der Waals surface area contributed by atoms with Crippen LogP contribution in [0.5, 0.6) is 11.5 Å². The van der Waals surface area contributed by atoms with E-state index in [1.165, 1.54) is 12.7 Å². The Kier molecular flexibility index (Phi) is 8.48. The summed E-state index contributed by atoms with van der Waals surface area (Å²) < 4.78 is 15.9. The number of benzene rings is 1. The molecule has 1 rings (SSSR count). The van der Waals surface area contributed by atoms with E-state index in [-0.39, 0.29) is 5.97 Å². The van der Waals surface area contributed by atoms with E-state index >= 15 is 0 Å². The molecule has 0 fully saturated rings. The minimum Gasteiger partial charge on any atom is -0.490 e. The summed E-state index contributed by atoms with van der Waals surface area (Å²) in [4.78, 5) is 11.4. The Morgan fingerprint density at radius 3 is 2.43 bits per heavy atom. The van der Waals surface area contributed by atoms with E-state index in [1.807, 2.05) is 26.0 Å². The number of carbonyl (C=O) groups excluding carboxylic acids is 1. The van der Waals surface area contributed by atoms with Gasteiger partial charge in [0, 0.05) is 0 Å². The zero-order chi connectivity index (χ0) is 17.2. The summed E-state index contributed by atoms with van der Waals surface area (Å²) in [5, 5.41) is 0. The van der Waals surface area contributed by atoms with Gasteiger partial charge in [0.1, 0.15) is 6.04 Å². The highest BCUT2D eigenvalue weighted by Gasteiger charge is 2.17. The maximum atomic E-state index is 11.4. The van der Waals surface area contributed by atoms with Crippen LogP contribution in [0, 0.1) is 5.92 Å². The Labute approximate surface area is 139 Å². The van der Waals surface area contributed by atoms with E-state index in [0.717, 1.165) is 24.3 Å². The lowest BCUT2D eigenvalue weighted by Gasteiger charge is -2.16. The fourth-order valence-corrected chi connectivity index (χ4v) is 2.46. The largest absolute Gasteiger partial charge is 0.490 e. The maximum Gasteiger partial charge on any atom is 0.322 e. The first-order chi connectivity index (χ1) is 11.0. The van der Waals surface area contributed by atoms with Gasteiger partial charge < -0.3 is 19.9 Å². The molecule has 130 valence electrons. The topological polar surface area (TPSA) is 70.8 Å². The number of carbonyl (C=O) groups is 1. The van der Waals surface area contributed by atoms with Crippen LogP contribution in [0.4, 0.5) is 0 Å². The third kappa shape index (κ3) is 6.48. The van der Waals surface area contributed by atoms with Crippen molar-refractivity contribution in [1.82, 2.24) is 0 Å². The van der Waals surface area contributed by atoms with Crippen molar-refractivity contribution in [3.63, 3.8) is 0 Å². The van der Waals surface area contributed by atoms with Crippen LogP contribution in [0.25, 0.3) is 0 Å². The minimum absolute atomic E-state index is 0.339. The van der Waals surface area contributed by atoms with Crippen molar-refractivity contribution in [2.24, 2.45) is 11.7 Å². The standard InChI is InChI=1S/C18H29NO4/c1-5-22-16-10-9-14(12-17(16)23-6-2)8-7-13(3)11-15(19)18(20)21-4/h9-10,12-13,15H,5-8,11,19H2,1-4H3. The molecule has 23 heavy (non-hydrogen) atoms. The van der Waals surface area contributed by atoms with E-state index in [1.54, 1.807) is 0 Å². The molecular formula is C18H29NO4. The molecule has 5 heteroatoms. The van der Waals surface area contributed by atoms with E-state index in [4.69, 9.17) is 15.2 Å². The Hall–Kier alpha value is -1.75. The van der Waals surface area contributed by atoms with E-state index < -0.39 is 6.04 Å². The maximum absolute atomic E-state index is 11.4. The summed E-state index contributed by atoms with van der Waals surface area (Å²) in [5.74, 6) is 1.55. The van der Waals surface area contributed by atoms with Crippen molar-refractivity contribution >= 4 is 5.97 Å². The Morgan fingerprint density at radius 2 is 1.83 bits per heavy atom.